The number of anilines is 2. The molecule has 60 heavy (non-hydrogen) atoms. The fraction of sp³-hybridized carbons (Fsp3) is 0.904. The van der Waals surface area contributed by atoms with Crippen molar-refractivity contribution in [2.75, 3.05) is 76.2 Å². The van der Waals surface area contributed by atoms with Gasteiger partial charge < -0.3 is 24.8 Å². The number of unbranched alkanes of at least 4 members (excludes halogenated alkanes) is 23. The smallest absolute Gasteiger partial charge is 0.305 e. The minimum absolute atomic E-state index is 0.0223. The predicted octanol–water partition coefficient (Wildman–Crippen LogP) is 12.8. The van der Waals surface area contributed by atoms with Gasteiger partial charge in [-0.15, -0.1) is 0 Å². The fourth-order valence-corrected chi connectivity index (χ4v) is 9.16. The predicted molar refractivity (Wildman–Crippen MR) is 260 cm³/mol. The Morgan fingerprint density at radius 1 is 0.550 bits per heavy atom. The molecule has 1 aliphatic rings. The molecule has 1 N–H and O–H groups in total. The molecule has 0 aliphatic carbocycles. The Hall–Kier alpha value is -1.93. The van der Waals surface area contributed by atoms with Crippen molar-refractivity contribution in [3.8, 4) is 0 Å². The highest BCUT2D eigenvalue weighted by Crippen LogP contribution is 2.25. The van der Waals surface area contributed by atoms with E-state index in [1.807, 2.05) is 0 Å². The van der Waals surface area contributed by atoms with Crippen molar-refractivity contribution in [2.24, 2.45) is 5.92 Å². The number of esters is 1. The second-order valence-corrected chi connectivity index (χ2v) is 18.8. The van der Waals surface area contributed by atoms with Gasteiger partial charge in [0.15, 0.2) is 0 Å². The summed E-state index contributed by atoms with van der Waals surface area (Å²) in [5.41, 5.74) is 0.498. The maximum atomic E-state index is 12.5. The third-order valence-corrected chi connectivity index (χ3v) is 13.3. The average molecular weight is 843 g/mol. The first-order chi connectivity index (χ1) is 29.4. The number of hydrogen-bond acceptors (Lipinski definition) is 8. The monoisotopic (exact) mass is 843 g/mol. The summed E-state index contributed by atoms with van der Waals surface area (Å²) >= 11 is 0. The van der Waals surface area contributed by atoms with Crippen molar-refractivity contribution in [3.05, 3.63) is 20.4 Å². The highest BCUT2D eigenvalue weighted by molar-refractivity contribution is 5.75. The number of nitrogens with zero attached hydrogens (tertiary/aromatic N) is 3. The molecule has 1 atom stereocenters. The van der Waals surface area contributed by atoms with Gasteiger partial charge in [-0.3, -0.25) is 14.4 Å². The first-order valence-corrected chi connectivity index (χ1v) is 26.3. The van der Waals surface area contributed by atoms with Crippen LogP contribution in [-0.2, 0) is 9.53 Å². The first-order valence-electron chi connectivity index (χ1n) is 26.3. The number of carbonyl (C=O) groups is 1. The van der Waals surface area contributed by atoms with Gasteiger partial charge in [0.2, 0.25) is 0 Å². The van der Waals surface area contributed by atoms with Crippen molar-refractivity contribution < 1.29 is 9.53 Å². The Labute approximate surface area is 370 Å². The maximum Gasteiger partial charge on any atom is 0.305 e. The van der Waals surface area contributed by atoms with Crippen molar-refractivity contribution in [3.63, 3.8) is 0 Å². The van der Waals surface area contributed by atoms with E-state index in [4.69, 9.17) is 4.74 Å². The van der Waals surface area contributed by atoms with E-state index in [0.29, 0.717) is 24.4 Å². The van der Waals surface area contributed by atoms with Crippen LogP contribution in [0.5, 0.6) is 0 Å². The van der Waals surface area contributed by atoms with Gasteiger partial charge in [0.05, 0.1) is 6.61 Å². The lowest BCUT2D eigenvalue weighted by Gasteiger charge is -2.35. The molecule has 2 rings (SSSR count). The van der Waals surface area contributed by atoms with E-state index in [2.05, 4.69) is 47.8 Å². The molecule has 1 aromatic rings. The zero-order chi connectivity index (χ0) is 43.3. The molecule has 0 aromatic heterocycles. The van der Waals surface area contributed by atoms with Crippen LogP contribution in [0.2, 0.25) is 0 Å². The molecular weight excluding hydrogens is 745 g/mol. The van der Waals surface area contributed by atoms with Crippen LogP contribution in [0.3, 0.4) is 0 Å². The number of nitrogens with one attached hydrogen (secondary N) is 1. The number of rotatable bonds is 43. The van der Waals surface area contributed by atoms with E-state index in [1.165, 1.54) is 180 Å². The third kappa shape index (κ3) is 26.5. The summed E-state index contributed by atoms with van der Waals surface area (Å²) in [6.45, 7) is 14.8. The van der Waals surface area contributed by atoms with Gasteiger partial charge in [-0.1, -0.05) is 194 Å². The molecule has 0 saturated carbocycles. The van der Waals surface area contributed by atoms with Crippen molar-refractivity contribution in [1.29, 1.82) is 0 Å². The van der Waals surface area contributed by atoms with E-state index < -0.39 is 0 Å². The maximum absolute atomic E-state index is 12.5. The normalized spacial score (nSPS) is 14.1. The number of likely N-dealkylation sites (N-methyl/N-ethyl adjacent to an activating group) is 1. The van der Waals surface area contributed by atoms with Crippen molar-refractivity contribution in [2.45, 2.75) is 233 Å². The Kier molecular flexibility index (Phi) is 34.0. The number of hydrogen-bond donors (Lipinski definition) is 1. The van der Waals surface area contributed by atoms with Crippen LogP contribution < -0.4 is 21.1 Å². The molecule has 0 spiro atoms. The summed E-state index contributed by atoms with van der Waals surface area (Å²) in [4.78, 5) is 44.2. The van der Waals surface area contributed by atoms with Crippen LogP contribution in [0.4, 0.5) is 11.4 Å². The van der Waals surface area contributed by atoms with Crippen LogP contribution in [0.25, 0.3) is 0 Å². The number of piperazine rings is 1. The molecule has 8 nitrogen and oxygen atoms in total. The second kappa shape index (κ2) is 37.6. The summed E-state index contributed by atoms with van der Waals surface area (Å²) in [6.07, 6.45) is 42.2. The lowest BCUT2D eigenvalue weighted by atomic mass is 9.89. The quantitative estimate of drug-likeness (QED) is 0.0395. The molecule has 1 fully saturated rings. The van der Waals surface area contributed by atoms with Crippen molar-refractivity contribution >= 4 is 17.3 Å². The van der Waals surface area contributed by atoms with E-state index in [-0.39, 0.29) is 16.8 Å². The third-order valence-electron chi connectivity index (χ3n) is 13.3. The highest BCUT2D eigenvalue weighted by atomic mass is 16.5. The molecule has 8 heteroatoms. The topological polar surface area (TPSA) is 82.2 Å². The average Bonchev–Trinajstić information content (AvgIpc) is 3.25. The van der Waals surface area contributed by atoms with E-state index in [0.717, 1.165) is 84.0 Å². The van der Waals surface area contributed by atoms with Gasteiger partial charge in [0.25, 0.3) is 10.9 Å². The molecule has 1 aliphatic heterocycles. The lowest BCUT2D eigenvalue weighted by Crippen LogP contribution is -2.50. The lowest BCUT2D eigenvalue weighted by molar-refractivity contribution is -0.143. The summed E-state index contributed by atoms with van der Waals surface area (Å²) in [6, 6.07) is 0. The van der Waals surface area contributed by atoms with Crippen molar-refractivity contribution in [1.82, 2.24) is 9.80 Å². The van der Waals surface area contributed by atoms with E-state index >= 15 is 0 Å². The molecule has 1 unspecified atom stereocenters. The van der Waals surface area contributed by atoms with Gasteiger partial charge in [-0.2, -0.15) is 0 Å². The molecular formula is C52H98N4O4. The Balaban J connectivity index is 1.71. The molecule has 350 valence electrons. The molecule has 1 saturated heterocycles. The summed E-state index contributed by atoms with van der Waals surface area (Å²) in [5, 5.41) is 3.38. The second-order valence-electron chi connectivity index (χ2n) is 18.8. The molecule has 1 aromatic carbocycles. The minimum Gasteiger partial charge on any atom is -0.466 e. The molecule has 0 bridgehead atoms. The number of ether oxygens (including phenoxy) is 1. The zero-order valence-electron chi connectivity index (χ0n) is 40.3. The van der Waals surface area contributed by atoms with Crippen LogP contribution >= 0.6 is 0 Å². The van der Waals surface area contributed by atoms with Crippen LogP contribution in [0.1, 0.15) is 233 Å². The van der Waals surface area contributed by atoms with E-state index in [9.17, 15) is 14.4 Å². The SMILES string of the molecule is CCCCCCCCCOC(=O)CCCCCCCN(CCCCCCCC(CCCCCCC)CCCCCCCC)CCCNc1c(N2CCN(C)CC2)c(=O)c1=O. The molecule has 1 heterocycles. The van der Waals surface area contributed by atoms with Crippen LogP contribution in [-0.4, -0.2) is 81.8 Å². The first kappa shape index (κ1) is 54.2. The van der Waals surface area contributed by atoms with Gasteiger partial charge in [0.1, 0.15) is 11.4 Å². The standard InChI is InChI=1S/C52H98N4O4/c1-5-8-11-14-16-25-32-46-60-48(57)37-29-22-18-24-31-40-55(41-33-38-53-49-50(52(59)51(49)58)56-44-42-54(4)43-45-56)39-30-23-17-21-28-36-47(34-26-19-13-10-7-3)35-27-20-15-12-9-6-2/h47,53H,5-46H2,1-4H3. The fourth-order valence-electron chi connectivity index (χ4n) is 9.16. The summed E-state index contributed by atoms with van der Waals surface area (Å²) < 4.78 is 5.49. The Morgan fingerprint density at radius 3 is 1.50 bits per heavy atom. The van der Waals surface area contributed by atoms with Crippen LogP contribution in [0.15, 0.2) is 9.59 Å². The number of carbonyl (C=O) groups excluding carboxylic acids is 1. The Morgan fingerprint density at radius 2 is 0.983 bits per heavy atom. The highest BCUT2D eigenvalue weighted by Gasteiger charge is 2.27. The Bertz CT molecular complexity index is 1210. The van der Waals surface area contributed by atoms with E-state index in [1.54, 1.807) is 0 Å². The molecule has 0 amide bonds. The van der Waals surface area contributed by atoms with Gasteiger partial charge in [0, 0.05) is 39.1 Å². The zero-order valence-corrected chi connectivity index (χ0v) is 40.3. The molecule has 0 radical (unpaired) electrons. The van der Waals surface area contributed by atoms with Gasteiger partial charge in [-0.05, 0) is 64.7 Å². The minimum atomic E-state index is -0.345. The summed E-state index contributed by atoms with van der Waals surface area (Å²) in [5.74, 6) is 0.920. The van der Waals surface area contributed by atoms with Gasteiger partial charge >= 0.3 is 5.97 Å². The van der Waals surface area contributed by atoms with Crippen LogP contribution in [0, 0.1) is 5.92 Å². The largest absolute Gasteiger partial charge is 0.466 e. The summed E-state index contributed by atoms with van der Waals surface area (Å²) in [7, 11) is 2.10. The van der Waals surface area contributed by atoms with Gasteiger partial charge in [-0.25, -0.2) is 0 Å².